The molecule has 3 heteroatoms. The largest absolute Gasteiger partial charge is 0.495 e. The number of fused-ring (bicyclic) bond motifs is 1. The fourth-order valence-corrected chi connectivity index (χ4v) is 2.76. The van der Waals surface area contributed by atoms with Crippen molar-refractivity contribution in [3.05, 3.63) is 53.9 Å². The number of pyridine rings is 1. The first-order valence-electron chi connectivity index (χ1n) is 6.63. The summed E-state index contributed by atoms with van der Waals surface area (Å²) in [5, 5.41) is 3.60. The van der Waals surface area contributed by atoms with E-state index in [0.717, 1.165) is 17.9 Å². The highest BCUT2D eigenvalue weighted by Gasteiger charge is 2.28. The number of aromatic nitrogens is 1. The highest BCUT2D eigenvalue weighted by Crippen LogP contribution is 2.38. The van der Waals surface area contributed by atoms with Gasteiger partial charge in [0.05, 0.1) is 13.2 Å². The van der Waals surface area contributed by atoms with Crippen molar-refractivity contribution in [2.24, 2.45) is 5.92 Å². The van der Waals surface area contributed by atoms with E-state index < -0.39 is 0 Å². The number of nitrogens with one attached hydrogen (secondary N) is 1. The third-order valence-corrected chi connectivity index (χ3v) is 3.75. The van der Waals surface area contributed by atoms with Crippen molar-refractivity contribution in [1.29, 1.82) is 0 Å². The van der Waals surface area contributed by atoms with Gasteiger partial charge in [-0.1, -0.05) is 25.1 Å². The third-order valence-electron chi connectivity index (χ3n) is 3.75. The van der Waals surface area contributed by atoms with Crippen LogP contribution >= 0.6 is 0 Å². The molecular formula is C16H18N2O. The maximum atomic E-state index is 5.43. The second-order valence-corrected chi connectivity index (χ2v) is 5.05. The van der Waals surface area contributed by atoms with Crippen molar-refractivity contribution in [2.75, 3.05) is 12.4 Å². The minimum Gasteiger partial charge on any atom is -0.495 e. The first-order valence-corrected chi connectivity index (χ1v) is 6.63. The number of ether oxygens (including phenoxy) is 1. The van der Waals surface area contributed by atoms with Crippen LogP contribution in [0.3, 0.4) is 0 Å². The fourth-order valence-electron chi connectivity index (χ4n) is 2.76. The lowest BCUT2D eigenvalue weighted by atomic mass is 9.86. The Morgan fingerprint density at radius 3 is 2.89 bits per heavy atom. The molecule has 2 unspecified atom stereocenters. The molecule has 0 saturated carbocycles. The predicted molar refractivity (Wildman–Crippen MR) is 76.5 cm³/mol. The Morgan fingerprint density at radius 2 is 2.05 bits per heavy atom. The van der Waals surface area contributed by atoms with Gasteiger partial charge in [-0.05, 0) is 36.1 Å². The molecule has 0 fully saturated rings. The molecule has 0 saturated heterocycles. The van der Waals surface area contributed by atoms with Gasteiger partial charge in [0.2, 0.25) is 0 Å². The summed E-state index contributed by atoms with van der Waals surface area (Å²) in [5.74, 6) is 1.34. The summed E-state index contributed by atoms with van der Waals surface area (Å²) >= 11 is 0. The SMILES string of the molecule is COc1cccnc1C1Nc2ccccc2CC1C. The maximum absolute atomic E-state index is 5.43. The molecule has 3 nitrogen and oxygen atoms in total. The van der Waals surface area contributed by atoms with Crippen LogP contribution in [0.1, 0.15) is 24.2 Å². The van der Waals surface area contributed by atoms with E-state index in [9.17, 15) is 0 Å². The normalized spacial score (nSPS) is 21.4. The van der Waals surface area contributed by atoms with Gasteiger partial charge in [-0.3, -0.25) is 4.98 Å². The van der Waals surface area contributed by atoms with Crippen LogP contribution < -0.4 is 10.1 Å². The molecule has 3 rings (SSSR count). The van der Waals surface area contributed by atoms with E-state index in [0.29, 0.717) is 5.92 Å². The molecule has 0 aliphatic carbocycles. The molecule has 1 aliphatic rings. The standard InChI is InChI=1S/C16H18N2O/c1-11-10-12-6-3-4-7-13(12)18-15(11)16-14(19-2)8-5-9-17-16/h3-9,11,15,18H,10H2,1-2H3. The van der Waals surface area contributed by atoms with Crippen molar-refractivity contribution < 1.29 is 4.74 Å². The van der Waals surface area contributed by atoms with Crippen molar-refractivity contribution in [2.45, 2.75) is 19.4 Å². The maximum Gasteiger partial charge on any atom is 0.142 e. The Balaban J connectivity index is 1.98. The molecule has 19 heavy (non-hydrogen) atoms. The average Bonchev–Trinajstić information content (AvgIpc) is 2.46. The molecule has 2 heterocycles. The Kier molecular flexibility index (Phi) is 3.11. The summed E-state index contributed by atoms with van der Waals surface area (Å²) in [6.45, 7) is 2.25. The molecule has 2 aromatic rings. The van der Waals surface area contributed by atoms with Gasteiger partial charge in [-0.2, -0.15) is 0 Å². The van der Waals surface area contributed by atoms with Gasteiger partial charge in [0.15, 0.2) is 0 Å². The molecule has 1 aliphatic heterocycles. The lowest BCUT2D eigenvalue weighted by Gasteiger charge is -2.32. The number of rotatable bonds is 2. The zero-order chi connectivity index (χ0) is 13.2. The van der Waals surface area contributed by atoms with Crippen molar-refractivity contribution >= 4 is 5.69 Å². The van der Waals surface area contributed by atoms with E-state index in [2.05, 4.69) is 41.5 Å². The van der Waals surface area contributed by atoms with Gasteiger partial charge < -0.3 is 10.1 Å². The van der Waals surface area contributed by atoms with E-state index in [-0.39, 0.29) is 6.04 Å². The number of benzene rings is 1. The quantitative estimate of drug-likeness (QED) is 0.891. The van der Waals surface area contributed by atoms with E-state index in [1.165, 1.54) is 11.3 Å². The van der Waals surface area contributed by atoms with Crippen LogP contribution in [0.5, 0.6) is 5.75 Å². The first-order chi connectivity index (χ1) is 9.29. The van der Waals surface area contributed by atoms with Gasteiger partial charge >= 0.3 is 0 Å². The second kappa shape index (κ2) is 4.92. The van der Waals surface area contributed by atoms with E-state index in [4.69, 9.17) is 4.74 Å². The number of nitrogens with zero attached hydrogens (tertiary/aromatic N) is 1. The minimum atomic E-state index is 0.200. The minimum absolute atomic E-state index is 0.200. The number of anilines is 1. The summed E-state index contributed by atoms with van der Waals surface area (Å²) in [5.41, 5.74) is 3.58. The Hall–Kier alpha value is -2.03. The highest BCUT2D eigenvalue weighted by molar-refractivity contribution is 5.55. The van der Waals surface area contributed by atoms with E-state index >= 15 is 0 Å². The van der Waals surface area contributed by atoms with Crippen LogP contribution in [0.2, 0.25) is 0 Å². The van der Waals surface area contributed by atoms with Crippen LogP contribution in [-0.2, 0) is 6.42 Å². The lowest BCUT2D eigenvalue weighted by molar-refractivity contribution is 0.388. The molecule has 0 bridgehead atoms. The number of hydrogen-bond donors (Lipinski definition) is 1. The van der Waals surface area contributed by atoms with Crippen molar-refractivity contribution in [3.8, 4) is 5.75 Å². The Bertz CT molecular complexity index is 582. The number of methoxy groups -OCH3 is 1. The molecule has 2 atom stereocenters. The average molecular weight is 254 g/mol. The van der Waals surface area contributed by atoms with Crippen molar-refractivity contribution in [3.63, 3.8) is 0 Å². The van der Waals surface area contributed by atoms with Crippen LogP contribution in [0, 0.1) is 5.92 Å². The van der Waals surface area contributed by atoms with Gasteiger partial charge in [0.1, 0.15) is 11.4 Å². The van der Waals surface area contributed by atoms with Crippen LogP contribution in [-0.4, -0.2) is 12.1 Å². The van der Waals surface area contributed by atoms with E-state index in [1.807, 2.05) is 18.3 Å². The summed E-state index contributed by atoms with van der Waals surface area (Å²) in [6, 6.07) is 12.5. The van der Waals surface area contributed by atoms with Gasteiger partial charge in [0, 0.05) is 11.9 Å². The van der Waals surface area contributed by atoms with Crippen molar-refractivity contribution in [1.82, 2.24) is 4.98 Å². The zero-order valence-corrected chi connectivity index (χ0v) is 11.3. The predicted octanol–water partition coefficient (Wildman–Crippen LogP) is 3.44. The lowest BCUT2D eigenvalue weighted by Crippen LogP contribution is -2.27. The molecule has 0 spiro atoms. The zero-order valence-electron chi connectivity index (χ0n) is 11.3. The number of para-hydroxylation sites is 1. The van der Waals surface area contributed by atoms with Gasteiger partial charge in [-0.25, -0.2) is 0 Å². The summed E-state index contributed by atoms with van der Waals surface area (Å²) < 4.78 is 5.43. The highest BCUT2D eigenvalue weighted by atomic mass is 16.5. The molecule has 1 N–H and O–H groups in total. The molecule has 0 amide bonds. The number of hydrogen-bond acceptors (Lipinski definition) is 3. The summed E-state index contributed by atoms with van der Waals surface area (Å²) in [6.07, 6.45) is 2.89. The first kappa shape index (κ1) is 12.0. The molecule has 1 aromatic carbocycles. The monoisotopic (exact) mass is 254 g/mol. The molecule has 0 radical (unpaired) electrons. The molecule has 98 valence electrons. The second-order valence-electron chi connectivity index (χ2n) is 5.05. The summed E-state index contributed by atoms with van der Waals surface area (Å²) in [4.78, 5) is 4.51. The van der Waals surface area contributed by atoms with Crippen LogP contribution in [0.4, 0.5) is 5.69 Å². The van der Waals surface area contributed by atoms with Crippen LogP contribution in [0.25, 0.3) is 0 Å². The molecular weight excluding hydrogens is 236 g/mol. The third kappa shape index (κ3) is 2.16. The van der Waals surface area contributed by atoms with Gasteiger partial charge in [-0.15, -0.1) is 0 Å². The Morgan fingerprint density at radius 1 is 1.21 bits per heavy atom. The topological polar surface area (TPSA) is 34.1 Å². The fraction of sp³-hybridized carbons (Fsp3) is 0.312. The van der Waals surface area contributed by atoms with Gasteiger partial charge in [0.25, 0.3) is 0 Å². The molecule has 1 aromatic heterocycles. The summed E-state index contributed by atoms with van der Waals surface area (Å²) in [7, 11) is 1.70. The van der Waals surface area contributed by atoms with Crippen LogP contribution in [0.15, 0.2) is 42.6 Å². The van der Waals surface area contributed by atoms with E-state index in [1.54, 1.807) is 7.11 Å². The smallest absolute Gasteiger partial charge is 0.142 e. The Labute approximate surface area is 113 Å².